The number of rotatable bonds is 7. The van der Waals surface area contributed by atoms with Crippen LogP contribution in [-0.4, -0.2) is 41.0 Å². The normalized spacial score (nSPS) is 21.2. The third-order valence-electron chi connectivity index (χ3n) is 6.53. The van der Waals surface area contributed by atoms with Crippen molar-refractivity contribution in [2.24, 2.45) is 0 Å². The highest BCUT2D eigenvalue weighted by molar-refractivity contribution is 9.10. The van der Waals surface area contributed by atoms with E-state index in [-0.39, 0.29) is 17.4 Å². The van der Waals surface area contributed by atoms with Crippen LogP contribution in [0.15, 0.2) is 88.9 Å². The molecule has 36 heavy (non-hydrogen) atoms. The van der Waals surface area contributed by atoms with Crippen LogP contribution in [0.4, 0.5) is 0 Å². The molecule has 0 spiro atoms. The molecule has 0 aromatic heterocycles. The molecule has 2 heterocycles. The number of Topliss-reactive ketones (excluding diaryl/α,β-unsaturated/α-hetero) is 1. The Bertz CT molecular complexity index is 1270. The van der Waals surface area contributed by atoms with Crippen LogP contribution in [0.3, 0.4) is 0 Å². The molecule has 6 nitrogen and oxygen atoms in total. The molecule has 7 heteroatoms. The second-order valence-electron chi connectivity index (χ2n) is 8.94. The quantitative estimate of drug-likeness (QED) is 0.235. The smallest absolute Gasteiger partial charge is 0.295 e. The van der Waals surface area contributed by atoms with Gasteiger partial charge in [-0.15, -0.1) is 0 Å². The lowest BCUT2D eigenvalue weighted by Gasteiger charge is -2.27. The Morgan fingerprint density at radius 3 is 2.39 bits per heavy atom. The molecule has 2 aliphatic rings. The molecule has 0 radical (unpaired) electrons. The standard InChI is InChI=1S/C29H26BrNO5/c30-22-12-8-21(9-13-22)27(32)25-26(31(29(34)28(25)33)17-24-7-4-16-35-24)20-10-14-23(15-11-20)36-18-19-5-2-1-3-6-19/h1-3,5-6,8-15,24,26,32H,4,7,16-18H2/t24-,26+/m1/s1. The molecule has 3 aromatic carbocycles. The van der Waals surface area contributed by atoms with Crippen molar-refractivity contribution in [2.45, 2.75) is 31.6 Å². The van der Waals surface area contributed by atoms with Crippen molar-refractivity contribution in [1.82, 2.24) is 4.90 Å². The minimum atomic E-state index is -0.721. The molecule has 2 atom stereocenters. The number of benzene rings is 3. The molecule has 2 aliphatic heterocycles. The molecule has 0 aliphatic carbocycles. The van der Waals surface area contributed by atoms with Crippen LogP contribution in [0.2, 0.25) is 0 Å². The van der Waals surface area contributed by atoms with Crippen LogP contribution in [0.25, 0.3) is 5.76 Å². The van der Waals surface area contributed by atoms with Crippen LogP contribution in [0, 0.1) is 0 Å². The predicted octanol–water partition coefficient (Wildman–Crippen LogP) is 5.63. The minimum absolute atomic E-state index is 0.0817. The Kier molecular flexibility index (Phi) is 7.20. The van der Waals surface area contributed by atoms with E-state index in [1.54, 1.807) is 24.3 Å². The van der Waals surface area contributed by atoms with E-state index in [9.17, 15) is 14.7 Å². The maximum atomic E-state index is 13.2. The summed E-state index contributed by atoms with van der Waals surface area (Å²) in [5.74, 6) is -0.835. The Hall–Kier alpha value is -3.42. The number of ether oxygens (including phenoxy) is 2. The molecule has 2 saturated heterocycles. The number of hydrogen-bond acceptors (Lipinski definition) is 5. The predicted molar refractivity (Wildman–Crippen MR) is 139 cm³/mol. The average molecular weight is 548 g/mol. The lowest BCUT2D eigenvalue weighted by atomic mass is 9.95. The van der Waals surface area contributed by atoms with Gasteiger partial charge in [0.05, 0.1) is 17.7 Å². The molecule has 1 amide bonds. The van der Waals surface area contributed by atoms with E-state index >= 15 is 0 Å². The van der Waals surface area contributed by atoms with Crippen molar-refractivity contribution < 1.29 is 24.2 Å². The van der Waals surface area contributed by atoms with E-state index in [4.69, 9.17) is 9.47 Å². The van der Waals surface area contributed by atoms with E-state index in [2.05, 4.69) is 15.9 Å². The molecule has 0 unspecified atom stereocenters. The summed E-state index contributed by atoms with van der Waals surface area (Å²) in [6, 6.07) is 23.5. The molecule has 1 N–H and O–H groups in total. The first kappa shape index (κ1) is 24.3. The van der Waals surface area contributed by atoms with Gasteiger partial charge in [-0.3, -0.25) is 9.59 Å². The molecular weight excluding hydrogens is 522 g/mol. The molecule has 0 saturated carbocycles. The highest BCUT2D eigenvalue weighted by Crippen LogP contribution is 2.40. The van der Waals surface area contributed by atoms with E-state index in [1.807, 2.05) is 54.6 Å². The first-order chi connectivity index (χ1) is 17.5. The van der Waals surface area contributed by atoms with Gasteiger partial charge in [-0.1, -0.05) is 70.5 Å². The van der Waals surface area contributed by atoms with Crippen LogP contribution in [0.1, 0.15) is 35.6 Å². The lowest BCUT2D eigenvalue weighted by molar-refractivity contribution is -0.140. The summed E-state index contributed by atoms with van der Waals surface area (Å²) in [6.07, 6.45) is 1.62. The summed E-state index contributed by atoms with van der Waals surface area (Å²) in [7, 11) is 0. The Balaban J connectivity index is 1.48. The number of amides is 1. The zero-order chi connectivity index (χ0) is 25.1. The number of halogens is 1. The van der Waals surface area contributed by atoms with E-state index in [1.165, 1.54) is 4.90 Å². The van der Waals surface area contributed by atoms with Gasteiger partial charge in [-0.05, 0) is 48.2 Å². The number of carbonyl (C=O) groups excluding carboxylic acids is 2. The van der Waals surface area contributed by atoms with Crippen LogP contribution in [0.5, 0.6) is 5.75 Å². The Labute approximate surface area is 218 Å². The third kappa shape index (κ3) is 5.08. The Morgan fingerprint density at radius 1 is 1.00 bits per heavy atom. The monoisotopic (exact) mass is 547 g/mol. The van der Waals surface area contributed by atoms with Crippen LogP contribution >= 0.6 is 15.9 Å². The maximum Gasteiger partial charge on any atom is 0.295 e. The van der Waals surface area contributed by atoms with Gasteiger partial charge in [0.15, 0.2) is 0 Å². The van der Waals surface area contributed by atoms with Gasteiger partial charge in [0, 0.05) is 23.2 Å². The molecule has 3 aromatic rings. The third-order valence-corrected chi connectivity index (χ3v) is 7.05. The van der Waals surface area contributed by atoms with Gasteiger partial charge in [0.2, 0.25) is 0 Å². The molecule has 5 rings (SSSR count). The number of nitrogens with zero attached hydrogens (tertiary/aromatic N) is 1. The van der Waals surface area contributed by atoms with Crippen LogP contribution in [-0.2, 0) is 20.9 Å². The summed E-state index contributed by atoms with van der Waals surface area (Å²) in [5.41, 5.74) is 2.33. The zero-order valence-corrected chi connectivity index (χ0v) is 21.2. The molecule has 184 valence electrons. The number of ketones is 1. The van der Waals surface area contributed by atoms with Crippen molar-refractivity contribution in [3.8, 4) is 5.75 Å². The average Bonchev–Trinajstić information content (AvgIpc) is 3.51. The van der Waals surface area contributed by atoms with Crippen LogP contribution < -0.4 is 4.74 Å². The summed E-state index contributed by atoms with van der Waals surface area (Å²) < 4.78 is 12.5. The molecule has 2 fully saturated rings. The lowest BCUT2D eigenvalue weighted by Crippen LogP contribution is -2.36. The van der Waals surface area contributed by atoms with Crippen molar-refractivity contribution in [2.75, 3.05) is 13.2 Å². The number of aliphatic hydroxyl groups excluding tert-OH is 1. The van der Waals surface area contributed by atoms with E-state index in [0.717, 1.165) is 28.4 Å². The van der Waals surface area contributed by atoms with Crippen molar-refractivity contribution in [3.63, 3.8) is 0 Å². The van der Waals surface area contributed by atoms with E-state index < -0.39 is 17.7 Å². The van der Waals surface area contributed by atoms with Crippen molar-refractivity contribution in [3.05, 3.63) is 106 Å². The fraction of sp³-hybridized carbons (Fsp3) is 0.241. The summed E-state index contributed by atoms with van der Waals surface area (Å²) in [6.45, 7) is 1.37. The highest BCUT2D eigenvalue weighted by atomic mass is 79.9. The zero-order valence-electron chi connectivity index (χ0n) is 19.6. The fourth-order valence-electron chi connectivity index (χ4n) is 4.67. The number of carbonyl (C=O) groups is 2. The van der Waals surface area contributed by atoms with E-state index in [0.29, 0.717) is 31.1 Å². The number of likely N-dealkylation sites (tertiary alicyclic amines) is 1. The highest BCUT2D eigenvalue weighted by Gasteiger charge is 2.47. The number of hydrogen-bond donors (Lipinski definition) is 1. The first-order valence-corrected chi connectivity index (χ1v) is 12.7. The molecular formula is C29H26BrNO5. The van der Waals surface area contributed by atoms with Gasteiger partial charge >= 0.3 is 0 Å². The summed E-state index contributed by atoms with van der Waals surface area (Å²) in [4.78, 5) is 27.9. The maximum absolute atomic E-state index is 13.2. The van der Waals surface area contributed by atoms with Gasteiger partial charge in [0.1, 0.15) is 18.1 Å². The fourth-order valence-corrected chi connectivity index (χ4v) is 4.94. The van der Waals surface area contributed by atoms with Gasteiger partial charge in [0.25, 0.3) is 11.7 Å². The van der Waals surface area contributed by atoms with Gasteiger partial charge in [-0.25, -0.2) is 0 Å². The van der Waals surface area contributed by atoms with Crippen molar-refractivity contribution in [1.29, 1.82) is 0 Å². The van der Waals surface area contributed by atoms with Crippen molar-refractivity contribution >= 4 is 33.4 Å². The topological polar surface area (TPSA) is 76.1 Å². The SMILES string of the molecule is O=C1C(=O)N(C[C@H]2CCCO2)[C@@H](c2ccc(OCc3ccccc3)cc2)C1=C(O)c1ccc(Br)cc1. The van der Waals surface area contributed by atoms with Gasteiger partial charge < -0.3 is 19.5 Å². The summed E-state index contributed by atoms with van der Waals surface area (Å²) in [5, 5.41) is 11.2. The summed E-state index contributed by atoms with van der Waals surface area (Å²) >= 11 is 3.39. The Morgan fingerprint density at radius 2 is 1.72 bits per heavy atom. The largest absolute Gasteiger partial charge is 0.507 e. The second-order valence-corrected chi connectivity index (χ2v) is 9.85. The second kappa shape index (κ2) is 10.7. The number of aliphatic hydroxyl groups is 1. The molecule has 0 bridgehead atoms. The van der Waals surface area contributed by atoms with Gasteiger partial charge in [-0.2, -0.15) is 0 Å². The minimum Gasteiger partial charge on any atom is -0.507 e. The first-order valence-electron chi connectivity index (χ1n) is 11.9.